The molecule has 1 saturated heterocycles. The lowest BCUT2D eigenvalue weighted by molar-refractivity contribution is 0.210. The van der Waals surface area contributed by atoms with E-state index in [1.54, 1.807) is 0 Å². The molecular weight excluding hydrogens is 208 g/mol. The molecule has 2 nitrogen and oxygen atoms in total. The number of benzene rings is 1. The molecule has 1 aromatic carbocycles. The highest BCUT2D eigenvalue weighted by atomic mass is 15.2. The predicted octanol–water partition coefficient (Wildman–Crippen LogP) is 2.49. The van der Waals surface area contributed by atoms with Gasteiger partial charge in [-0.1, -0.05) is 30.7 Å². The minimum Gasteiger partial charge on any atom is -0.315 e. The lowest BCUT2D eigenvalue weighted by Crippen LogP contribution is -2.36. The van der Waals surface area contributed by atoms with Gasteiger partial charge in [0.2, 0.25) is 0 Å². The molecule has 0 bridgehead atoms. The number of nitrogens with zero attached hydrogens (tertiary/aromatic N) is 1. The smallest absolute Gasteiger partial charge is 0.0239 e. The van der Waals surface area contributed by atoms with Crippen molar-refractivity contribution in [2.45, 2.75) is 39.8 Å². The van der Waals surface area contributed by atoms with Crippen molar-refractivity contribution in [2.24, 2.45) is 0 Å². The maximum absolute atomic E-state index is 3.45. The molecule has 1 atom stereocenters. The van der Waals surface area contributed by atoms with E-state index in [2.05, 4.69) is 49.2 Å². The van der Waals surface area contributed by atoms with Crippen molar-refractivity contribution in [2.75, 3.05) is 19.6 Å². The molecule has 1 aliphatic heterocycles. The highest BCUT2D eigenvalue weighted by Crippen LogP contribution is 2.16. The van der Waals surface area contributed by atoms with E-state index >= 15 is 0 Å². The van der Waals surface area contributed by atoms with Gasteiger partial charge < -0.3 is 5.32 Å². The summed E-state index contributed by atoms with van der Waals surface area (Å²) in [5, 5.41) is 3.45. The van der Waals surface area contributed by atoms with Crippen LogP contribution in [-0.4, -0.2) is 30.6 Å². The maximum atomic E-state index is 3.45. The fourth-order valence-corrected chi connectivity index (χ4v) is 2.69. The third-order valence-corrected chi connectivity index (χ3v) is 3.83. The minimum atomic E-state index is 0.723. The third-order valence-electron chi connectivity index (χ3n) is 3.83. The van der Waals surface area contributed by atoms with Gasteiger partial charge >= 0.3 is 0 Å². The molecule has 2 heteroatoms. The highest BCUT2D eigenvalue weighted by molar-refractivity contribution is 5.30. The first kappa shape index (κ1) is 12.6. The predicted molar refractivity (Wildman–Crippen MR) is 73.3 cm³/mol. The fourth-order valence-electron chi connectivity index (χ4n) is 2.69. The highest BCUT2D eigenvalue weighted by Gasteiger charge is 2.21. The third kappa shape index (κ3) is 3.08. The monoisotopic (exact) mass is 232 g/mol. The Hall–Kier alpha value is -0.860. The standard InChI is InChI=1S/C15H24N2/c1-4-17(15-7-8-16-10-15)11-14-6-5-12(2)9-13(14)3/h5-6,9,15-16H,4,7-8,10-11H2,1-3H3. The van der Waals surface area contributed by atoms with Crippen molar-refractivity contribution in [1.82, 2.24) is 10.2 Å². The van der Waals surface area contributed by atoms with Crippen LogP contribution in [0.1, 0.15) is 30.0 Å². The van der Waals surface area contributed by atoms with E-state index in [1.807, 2.05) is 0 Å². The average Bonchev–Trinajstić information content (AvgIpc) is 2.81. The van der Waals surface area contributed by atoms with Crippen LogP contribution in [0.4, 0.5) is 0 Å². The van der Waals surface area contributed by atoms with Crippen LogP contribution in [0.3, 0.4) is 0 Å². The zero-order valence-electron chi connectivity index (χ0n) is 11.3. The number of rotatable bonds is 4. The molecule has 1 heterocycles. The molecule has 0 aliphatic carbocycles. The lowest BCUT2D eigenvalue weighted by atomic mass is 10.0. The fraction of sp³-hybridized carbons (Fsp3) is 0.600. The van der Waals surface area contributed by atoms with E-state index in [0.29, 0.717) is 0 Å². The molecule has 0 saturated carbocycles. The molecule has 1 unspecified atom stereocenters. The van der Waals surface area contributed by atoms with Crippen LogP contribution < -0.4 is 5.32 Å². The quantitative estimate of drug-likeness (QED) is 0.858. The van der Waals surface area contributed by atoms with Crippen LogP contribution in [0.25, 0.3) is 0 Å². The summed E-state index contributed by atoms with van der Waals surface area (Å²) in [6.07, 6.45) is 1.29. The first-order valence-electron chi connectivity index (χ1n) is 6.71. The number of hydrogen-bond acceptors (Lipinski definition) is 2. The van der Waals surface area contributed by atoms with Gasteiger partial charge in [0, 0.05) is 19.1 Å². The molecule has 94 valence electrons. The van der Waals surface area contributed by atoms with Gasteiger partial charge in [-0.15, -0.1) is 0 Å². The van der Waals surface area contributed by atoms with Crippen molar-refractivity contribution in [3.63, 3.8) is 0 Å². The molecule has 1 aromatic rings. The second-order valence-electron chi connectivity index (χ2n) is 5.14. The largest absolute Gasteiger partial charge is 0.315 e. The molecule has 1 aliphatic rings. The molecule has 17 heavy (non-hydrogen) atoms. The van der Waals surface area contributed by atoms with Gasteiger partial charge in [-0.05, 0) is 44.5 Å². The maximum Gasteiger partial charge on any atom is 0.0239 e. The molecule has 2 rings (SSSR count). The summed E-state index contributed by atoms with van der Waals surface area (Å²) in [4.78, 5) is 2.59. The number of likely N-dealkylation sites (N-methyl/N-ethyl adjacent to an activating group) is 1. The molecular formula is C15H24N2. The van der Waals surface area contributed by atoms with Gasteiger partial charge in [-0.3, -0.25) is 4.90 Å². The van der Waals surface area contributed by atoms with Crippen LogP contribution in [-0.2, 0) is 6.54 Å². The average molecular weight is 232 g/mol. The van der Waals surface area contributed by atoms with E-state index in [-0.39, 0.29) is 0 Å². The van der Waals surface area contributed by atoms with Crippen molar-refractivity contribution < 1.29 is 0 Å². The first-order valence-corrected chi connectivity index (χ1v) is 6.71. The van der Waals surface area contributed by atoms with Crippen LogP contribution in [0.15, 0.2) is 18.2 Å². The van der Waals surface area contributed by atoms with Gasteiger partial charge in [0.15, 0.2) is 0 Å². The molecule has 1 fully saturated rings. The summed E-state index contributed by atoms with van der Waals surface area (Å²) in [5.41, 5.74) is 4.26. The second-order valence-corrected chi connectivity index (χ2v) is 5.14. The van der Waals surface area contributed by atoms with Crippen molar-refractivity contribution >= 4 is 0 Å². The summed E-state index contributed by atoms with van der Waals surface area (Å²) in [6, 6.07) is 7.52. The topological polar surface area (TPSA) is 15.3 Å². The summed E-state index contributed by atoms with van der Waals surface area (Å²) in [5.74, 6) is 0. The van der Waals surface area contributed by atoms with E-state index < -0.39 is 0 Å². The molecule has 0 amide bonds. The van der Waals surface area contributed by atoms with E-state index in [9.17, 15) is 0 Å². The van der Waals surface area contributed by atoms with Crippen LogP contribution in [0.2, 0.25) is 0 Å². The van der Waals surface area contributed by atoms with Crippen LogP contribution in [0, 0.1) is 13.8 Å². The molecule has 1 N–H and O–H groups in total. The van der Waals surface area contributed by atoms with Gasteiger partial charge in [-0.25, -0.2) is 0 Å². The Labute approximate surface area is 105 Å². The van der Waals surface area contributed by atoms with E-state index in [1.165, 1.54) is 29.7 Å². The summed E-state index contributed by atoms with van der Waals surface area (Å²) < 4.78 is 0. The van der Waals surface area contributed by atoms with Crippen LogP contribution in [0.5, 0.6) is 0 Å². The number of nitrogens with one attached hydrogen (secondary N) is 1. The van der Waals surface area contributed by atoms with E-state index in [0.717, 1.165) is 25.7 Å². The number of aryl methyl sites for hydroxylation is 2. The summed E-state index contributed by atoms with van der Waals surface area (Å²) in [7, 11) is 0. The van der Waals surface area contributed by atoms with E-state index in [4.69, 9.17) is 0 Å². The Balaban J connectivity index is 2.06. The minimum absolute atomic E-state index is 0.723. The van der Waals surface area contributed by atoms with Gasteiger partial charge in [0.1, 0.15) is 0 Å². The molecule has 0 aromatic heterocycles. The first-order chi connectivity index (χ1) is 8.20. The lowest BCUT2D eigenvalue weighted by Gasteiger charge is -2.27. The Morgan fingerprint density at radius 2 is 2.18 bits per heavy atom. The molecule has 0 radical (unpaired) electrons. The SMILES string of the molecule is CCN(Cc1ccc(C)cc1C)C1CCNC1. The normalized spacial score (nSPS) is 20.1. The van der Waals surface area contributed by atoms with Gasteiger partial charge in [0.25, 0.3) is 0 Å². The zero-order valence-corrected chi connectivity index (χ0v) is 11.3. The summed E-state index contributed by atoms with van der Waals surface area (Å²) >= 11 is 0. The Kier molecular flexibility index (Phi) is 4.19. The number of hydrogen-bond donors (Lipinski definition) is 1. The van der Waals surface area contributed by atoms with Crippen molar-refractivity contribution in [1.29, 1.82) is 0 Å². The second kappa shape index (κ2) is 5.65. The van der Waals surface area contributed by atoms with Gasteiger partial charge in [0.05, 0.1) is 0 Å². The Bertz CT molecular complexity index is 367. The van der Waals surface area contributed by atoms with Crippen molar-refractivity contribution in [3.05, 3.63) is 34.9 Å². The Morgan fingerprint density at radius 1 is 1.35 bits per heavy atom. The van der Waals surface area contributed by atoms with Crippen LogP contribution >= 0.6 is 0 Å². The zero-order chi connectivity index (χ0) is 12.3. The Morgan fingerprint density at radius 3 is 2.76 bits per heavy atom. The summed E-state index contributed by atoms with van der Waals surface area (Å²) in [6.45, 7) is 11.2. The van der Waals surface area contributed by atoms with Gasteiger partial charge in [-0.2, -0.15) is 0 Å². The molecule has 0 spiro atoms. The van der Waals surface area contributed by atoms with Crippen molar-refractivity contribution in [3.8, 4) is 0 Å².